The number of β-amino-alcohol motifs (C(OH)–C–C–N with tert-alkyl or cyclic N) is 1. The first kappa shape index (κ1) is 25.9. The summed E-state index contributed by atoms with van der Waals surface area (Å²) in [6, 6.07) is 0. The number of aliphatic hydroxyl groups excluding tert-OH is 1. The number of hydrogen-bond acceptors (Lipinski definition) is 4. The Bertz CT molecular complexity index is 370. The fourth-order valence-electron chi connectivity index (χ4n) is 2.03. The molecule has 1 aliphatic heterocycles. The number of rotatable bonds is 4. The quantitative estimate of drug-likeness (QED) is 0.688. The molecule has 0 bridgehead atoms. The topological polar surface area (TPSA) is 78.9 Å². The molecule has 1 radical (unpaired) electrons. The Morgan fingerprint density at radius 1 is 1.33 bits per heavy atom. The van der Waals surface area contributed by atoms with Crippen molar-refractivity contribution in [2.75, 3.05) is 19.6 Å². The molecule has 0 saturated carbocycles. The van der Waals surface area contributed by atoms with Gasteiger partial charge in [0, 0.05) is 51.7 Å². The van der Waals surface area contributed by atoms with Gasteiger partial charge >= 0.3 is 6.09 Å². The SMILES string of the molecule is [CH2-]C(=O)NCC1CN(C(=O)OC(C)(C)C)CC1O.[CH2-]CCCC.[Y]. The van der Waals surface area contributed by atoms with Crippen molar-refractivity contribution < 1.29 is 52.1 Å². The third-order valence-corrected chi connectivity index (χ3v) is 3.22. The maximum Gasteiger partial charge on any atom is 0.410 e. The van der Waals surface area contributed by atoms with Gasteiger partial charge < -0.3 is 38.7 Å². The van der Waals surface area contributed by atoms with Crippen molar-refractivity contribution in [1.82, 2.24) is 10.2 Å². The van der Waals surface area contributed by atoms with Crippen LogP contribution in [0.2, 0.25) is 0 Å². The predicted octanol–water partition coefficient (Wildman–Crippen LogP) is 2.17. The van der Waals surface area contributed by atoms with Gasteiger partial charge in [-0.1, -0.05) is 19.8 Å². The summed E-state index contributed by atoms with van der Waals surface area (Å²) >= 11 is 0. The number of carbonyl (C=O) groups is 2. The summed E-state index contributed by atoms with van der Waals surface area (Å²) in [6.07, 6.45) is 2.56. The largest absolute Gasteiger partial charge is 0.444 e. The first-order valence-electron chi connectivity index (χ1n) is 8.15. The Morgan fingerprint density at radius 2 is 1.92 bits per heavy atom. The summed E-state index contributed by atoms with van der Waals surface area (Å²) in [6.45, 7) is 15.3. The summed E-state index contributed by atoms with van der Waals surface area (Å²) < 4.78 is 5.22. The number of ether oxygens (including phenoxy) is 1. The van der Waals surface area contributed by atoms with Gasteiger partial charge in [-0.25, -0.2) is 4.79 Å². The Kier molecular flexibility index (Phi) is 14.0. The van der Waals surface area contributed by atoms with Gasteiger partial charge in [-0.3, -0.25) is 0 Å². The van der Waals surface area contributed by atoms with Crippen molar-refractivity contribution in [1.29, 1.82) is 0 Å². The third-order valence-electron chi connectivity index (χ3n) is 3.22. The van der Waals surface area contributed by atoms with Crippen molar-refractivity contribution in [2.45, 2.75) is 58.7 Å². The fraction of sp³-hybridized carbons (Fsp3) is 0.765. The van der Waals surface area contributed by atoms with Crippen LogP contribution in [0.1, 0.15) is 47.0 Å². The minimum atomic E-state index is -0.649. The predicted molar refractivity (Wildman–Crippen MR) is 90.6 cm³/mol. The Hall–Kier alpha value is -0.326. The van der Waals surface area contributed by atoms with E-state index in [9.17, 15) is 14.7 Å². The average molecular weight is 417 g/mol. The molecule has 2 unspecified atom stereocenters. The van der Waals surface area contributed by atoms with Crippen LogP contribution < -0.4 is 5.32 Å². The second-order valence-corrected chi connectivity index (χ2v) is 6.72. The van der Waals surface area contributed by atoms with Crippen LogP contribution in [0.3, 0.4) is 0 Å². The van der Waals surface area contributed by atoms with Crippen molar-refractivity contribution in [3.8, 4) is 0 Å². The van der Waals surface area contributed by atoms with Gasteiger partial charge in [-0.05, 0) is 20.8 Å². The zero-order valence-corrected chi connectivity index (χ0v) is 18.3. The van der Waals surface area contributed by atoms with E-state index in [2.05, 4.69) is 26.1 Å². The van der Waals surface area contributed by atoms with E-state index < -0.39 is 23.7 Å². The van der Waals surface area contributed by atoms with Crippen LogP contribution in [0, 0.1) is 19.8 Å². The van der Waals surface area contributed by atoms with Crippen molar-refractivity contribution in [3.63, 3.8) is 0 Å². The van der Waals surface area contributed by atoms with Crippen LogP contribution in [0.15, 0.2) is 0 Å². The van der Waals surface area contributed by atoms with Crippen molar-refractivity contribution in [2.24, 2.45) is 5.92 Å². The molecule has 6 nitrogen and oxygen atoms in total. The standard InChI is InChI=1S/C12H21N2O4.C5H11.Y/c1-8(15)13-5-9-6-14(7-10(9)16)11(17)18-12(2,3)4;1-3-5-4-2;/h9-10,16H,1,5-7H2,2-4H3,(H,13,15);1,3-5H2,2H3;/q2*-1;. The first-order valence-corrected chi connectivity index (χ1v) is 8.15. The van der Waals surface area contributed by atoms with E-state index in [0.717, 1.165) is 6.42 Å². The Balaban J connectivity index is 0. The molecule has 0 aromatic heterocycles. The van der Waals surface area contributed by atoms with Crippen LogP contribution in [0.5, 0.6) is 0 Å². The van der Waals surface area contributed by atoms with E-state index in [-0.39, 0.29) is 45.2 Å². The number of nitrogens with zero attached hydrogens (tertiary/aromatic N) is 1. The smallest absolute Gasteiger partial charge is 0.410 e. The molecular formula is C17H32N2O4Y-2. The molecule has 1 fully saturated rings. The summed E-state index contributed by atoms with van der Waals surface area (Å²) in [4.78, 5) is 23.9. The second-order valence-electron chi connectivity index (χ2n) is 6.72. The summed E-state index contributed by atoms with van der Waals surface area (Å²) in [7, 11) is 0. The first-order chi connectivity index (χ1) is 10.6. The zero-order valence-electron chi connectivity index (χ0n) is 15.5. The van der Waals surface area contributed by atoms with Gasteiger partial charge in [0.25, 0.3) is 0 Å². The maximum absolute atomic E-state index is 11.8. The molecule has 0 aromatic rings. The van der Waals surface area contributed by atoms with E-state index in [4.69, 9.17) is 4.74 Å². The average Bonchev–Trinajstić information content (AvgIpc) is 2.78. The Morgan fingerprint density at radius 3 is 2.29 bits per heavy atom. The third kappa shape index (κ3) is 12.1. The molecule has 2 N–H and O–H groups in total. The molecular weight excluding hydrogens is 385 g/mol. The molecule has 7 heteroatoms. The molecule has 1 heterocycles. The van der Waals surface area contributed by atoms with Gasteiger partial charge in [-0.2, -0.15) is 6.42 Å². The molecule has 139 valence electrons. The minimum absolute atomic E-state index is 0. The van der Waals surface area contributed by atoms with E-state index in [1.807, 2.05) is 0 Å². The minimum Gasteiger partial charge on any atom is -0.444 e. The van der Waals surface area contributed by atoms with E-state index in [0.29, 0.717) is 13.1 Å². The number of nitrogens with one attached hydrogen (secondary N) is 1. The van der Waals surface area contributed by atoms with Crippen LogP contribution >= 0.6 is 0 Å². The molecule has 0 spiro atoms. The Labute approximate surface area is 172 Å². The van der Waals surface area contributed by atoms with Crippen LogP contribution in [-0.2, 0) is 42.2 Å². The number of amides is 2. The maximum atomic E-state index is 11.8. The van der Waals surface area contributed by atoms with Gasteiger partial charge in [-0.15, -0.1) is 0 Å². The van der Waals surface area contributed by atoms with Crippen molar-refractivity contribution >= 4 is 12.0 Å². The van der Waals surface area contributed by atoms with Gasteiger partial charge in [0.1, 0.15) is 5.60 Å². The normalized spacial score (nSPS) is 19.7. The summed E-state index contributed by atoms with van der Waals surface area (Å²) in [5, 5.41) is 12.3. The second kappa shape index (κ2) is 13.0. The van der Waals surface area contributed by atoms with Crippen molar-refractivity contribution in [3.05, 3.63) is 13.8 Å². The molecule has 0 aliphatic carbocycles. The van der Waals surface area contributed by atoms with E-state index in [1.165, 1.54) is 17.7 Å². The van der Waals surface area contributed by atoms with Crippen LogP contribution in [0.25, 0.3) is 0 Å². The number of aliphatic hydroxyl groups is 1. The monoisotopic (exact) mass is 417 g/mol. The number of likely N-dealkylation sites (tertiary alicyclic amines) is 1. The molecule has 1 aliphatic rings. The number of hydrogen-bond donors (Lipinski definition) is 2. The number of carbonyl (C=O) groups excluding carboxylic acids is 2. The number of unbranched alkanes of at least 4 members (excludes halogenated alkanes) is 2. The molecule has 2 amide bonds. The van der Waals surface area contributed by atoms with Gasteiger partial charge in [0.05, 0.1) is 18.6 Å². The molecule has 2 atom stereocenters. The summed E-state index contributed by atoms with van der Waals surface area (Å²) in [5.74, 6) is -0.568. The van der Waals surface area contributed by atoms with E-state index >= 15 is 0 Å². The van der Waals surface area contributed by atoms with Crippen LogP contribution in [0.4, 0.5) is 4.79 Å². The molecule has 1 saturated heterocycles. The molecule has 1 rings (SSSR count). The van der Waals surface area contributed by atoms with E-state index in [1.54, 1.807) is 20.8 Å². The molecule has 24 heavy (non-hydrogen) atoms. The zero-order chi connectivity index (χ0) is 18.0. The fourth-order valence-corrected chi connectivity index (χ4v) is 2.03. The van der Waals surface area contributed by atoms with Gasteiger partial charge in [0.2, 0.25) is 0 Å². The van der Waals surface area contributed by atoms with Crippen LogP contribution in [-0.4, -0.2) is 53.3 Å². The molecule has 0 aromatic carbocycles. The summed E-state index contributed by atoms with van der Waals surface area (Å²) in [5.41, 5.74) is -0.554. The van der Waals surface area contributed by atoms with Gasteiger partial charge in [0.15, 0.2) is 0 Å².